The predicted molar refractivity (Wildman–Crippen MR) is 97.4 cm³/mol. The smallest absolute Gasteiger partial charge is 0.112 e. The summed E-state index contributed by atoms with van der Waals surface area (Å²) < 4.78 is 3.53. The molecule has 0 atom stereocenters. The molecule has 0 aliphatic heterocycles. The molecule has 4 rings (SSSR count). The molecule has 0 spiro atoms. The van der Waals surface area contributed by atoms with Crippen molar-refractivity contribution in [2.45, 2.75) is 26.3 Å². The van der Waals surface area contributed by atoms with Gasteiger partial charge in [-0.1, -0.05) is 35.3 Å². The molecule has 0 saturated carbocycles. The first-order valence-corrected chi connectivity index (χ1v) is 8.65. The largest absolute Gasteiger partial charge is 0.340 e. The molecule has 4 nitrogen and oxygen atoms in total. The summed E-state index contributed by atoms with van der Waals surface area (Å²) in [5.74, 6) is 0. The maximum Gasteiger partial charge on any atom is 0.112 e. The van der Waals surface area contributed by atoms with Crippen LogP contribution in [0.1, 0.15) is 19.8 Å². The van der Waals surface area contributed by atoms with Crippen LogP contribution >= 0.6 is 15.9 Å². The van der Waals surface area contributed by atoms with E-state index in [1.807, 2.05) is 0 Å². The lowest BCUT2D eigenvalue weighted by atomic mass is 10.1. The number of halogens is 1. The molecule has 4 aromatic rings. The van der Waals surface area contributed by atoms with Crippen LogP contribution in [0, 0.1) is 0 Å². The van der Waals surface area contributed by atoms with Crippen LogP contribution in [0.25, 0.3) is 33.1 Å². The summed E-state index contributed by atoms with van der Waals surface area (Å²) in [6.07, 6.45) is 4.13. The summed E-state index contributed by atoms with van der Waals surface area (Å²) in [5, 5.41) is 13.3. The van der Waals surface area contributed by atoms with Crippen LogP contribution in [0.15, 0.2) is 47.1 Å². The van der Waals surface area contributed by atoms with Gasteiger partial charge in [0, 0.05) is 38.4 Å². The van der Waals surface area contributed by atoms with E-state index in [-0.39, 0.29) is 0 Å². The van der Waals surface area contributed by atoms with E-state index in [1.54, 1.807) is 6.20 Å². The Balaban J connectivity index is 2.00. The molecular weight excluding hydrogens is 352 g/mol. The fourth-order valence-corrected chi connectivity index (χ4v) is 3.49. The van der Waals surface area contributed by atoms with Crippen LogP contribution in [0.4, 0.5) is 0 Å². The minimum atomic E-state index is 0.872. The Hall–Kier alpha value is -2.14. The Morgan fingerprint density at radius 3 is 2.61 bits per heavy atom. The highest BCUT2D eigenvalue weighted by Crippen LogP contribution is 2.33. The van der Waals surface area contributed by atoms with Crippen molar-refractivity contribution in [3.63, 3.8) is 0 Å². The SMILES string of the molecule is CCCCn1c2ccc(Br)cc2c2cc(-c3cn[nH]n3)ccc21. The number of nitrogens with zero attached hydrogens (tertiary/aromatic N) is 3. The van der Waals surface area contributed by atoms with Crippen molar-refractivity contribution in [3.05, 3.63) is 47.1 Å². The number of fused-ring (bicyclic) bond motifs is 3. The third-order valence-corrected chi connectivity index (χ3v) is 4.77. The lowest BCUT2D eigenvalue weighted by Gasteiger charge is -2.06. The number of aromatic nitrogens is 4. The maximum atomic E-state index is 4.20. The van der Waals surface area contributed by atoms with Gasteiger partial charge in [0.05, 0.1) is 6.20 Å². The zero-order valence-corrected chi connectivity index (χ0v) is 14.5. The van der Waals surface area contributed by atoms with E-state index in [9.17, 15) is 0 Å². The Kier molecular flexibility index (Phi) is 3.65. The van der Waals surface area contributed by atoms with E-state index >= 15 is 0 Å². The van der Waals surface area contributed by atoms with Crippen molar-refractivity contribution in [2.24, 2.45) is 0 Å². The van der Waals surface area contributed by atoms with Gasteiger partial charge in [-0.2, -0.15) is 15.4 Å². The van der Waals surface area contributed by atoms with Gasteiger partial charge in [-0.25, -0.2) is 0 Å². The van der Waals surface area contributed by atoms with Crippen LogP contribution in [0.3, 0.4) is 0 Å². The van der Waals surface area contributed by atoms with Gasteiger partial charge in [0.2, 0.25) is 0 Å². The molecule has 0 aliphatic rings. The number of nitrogens with one attached hydrogen (secondary N) is 1. The van der Waals surface area contributed by atoms with Crippen LogP contribution in [-0.2, 0) is 6.54 Å². The normalized spacial score (nSPS) is 11.6. The third kappa shape index (κ3) is 2.45. The van der Waals surface area contributed by atoms with Gasteiger partial charge in [-0.3, -0.25) is 0 Å². The standard InChI is InChI=1S/C18H17BrN4/c1-2-3-8-23-17-6-4-12(16-11-20-22-21-16)9-14(17)15-10-13(19)5-7-18(15)23/h4-7,9-11H,2-3,8H2,1H3,(H,20,21,22). The van der Waals surface area contributed by atoms with E-state index in [0.29, 0.717) is 0 Å². The van der Waals surface area contributed by atoms with E-state index in [0.717, 1.165) is 22.3 Å². The molecule has 23 heavy (non-hydrogen) atoms. The topological polar surface area (TPSA) is 46.5 Å². The van der Waals surface area contributed by atoms with Gasteiger partial charge >= 0.3 is 0 Å². The maximum absolute atomic E-state index is 4.20. The van der Waals surface area contributed by atoms with Crippen molar-refractivity contribution in [3.8, 4) is 11.3 Å². The molecule has 2 heterocycles. The molecule has 1 N–H and O–H groups in total. The number of benzene rings is 2. The molecule has 0 amide bonds. The fourth-order valence-electron chi connectivity index (χ4n) is 3.13. The minimum absolute atomic E-state index is 0.872. The van der Waals surface area contributed by atoms with Crippen LogP contribution in [0.2, 0.25) is 0 Å². The van der Waals surface area contributed by atoms with E-state index < -0.39 is 0 Å². The number of hydrogen-bond donors (Lipinski definition) is 1. The summed E-state index contributed by atoms with van der Waals surface area (Å²) in [5.41, 5.74) is 4.52. The first-order chi connectivity index (χ1) is 11.3. The lowest BCUT2D eigenvalue weighted by molar-refractivity contribution is 0.665. The van der Waals surface area contributed by atoms with Crippen LogP contribution in [-0.4, -0.2) is 20.0 Å². The molecule has 0 unspecified atom stereocenters. The number of aromatic amines is 1. The molecule has 2 aromatic heterocycles. The first kappa shape index (κ1) is 14.5. The zero-order chi connectivity index (χ0) is 15.8. The Morgan fingerprint density at radius 2 is 1.87 bits per heavy atom. The van der Waals surface area contributed by atoms with E-state index in [1.165, 1.54) is 34.6 Å². The fraction of sp³-hybridized carbons (Fsp3) is 0.222. The number of aryl methyl sites for hydroxylation is 1. The quantitative estimate of drug-likeness (QED) is 0.541. The van der Waals surface area contributed by atoms with Crippen molar-refractivity contribution >= 4 is 37.7 Å². The average Bonchev–Trinajstić information content (AvgIpc) is 3.19. The number of rotatable bonds is 4. The highest BCUT2D eigenvalue weighted by molar-refractivity contribution is 9.10. The van der Waals surface area contributed by atoms with Gasteiger partial charge in [0.15, 0.2) is 0 Å². The van der Waals surface area contributed by atoms with Gasteiger partial charge in [-0.05, 0) is 36.8 Å². The van der Waals surface area contributed by atoms with Crippen molar-refractivity contribution in [1.29, 1.82) is 0 Å². The predicted octanol–water partition coefficient (Wildman–Crippen LogP) is 5.14. The molecule has 116 valence electrons. The summed E-state index contributed by atoms with van der Waals surface area (Å²) in [6, 6.07) is 13.0. The first-order valence-electron chi connectivity index (χ1n) is 7.85. The number of unbranched alkanes of at least 4 members (excludes halogenated alkanes) is 1. The molecular formula is C18H17BrN4. The van der Waals surface area contributed by atoms with E-state index in [2.05, 4.69) is 79.2 Å². The molecule has 0 bridgehead atoms. The third-order valence-electron chi connectivity index (χ3n) is 4.27. The highest BCUT2D eigenvalue weighted by atomic mass is 79.9. The number of hydrogen-bond acceptors (Lipinski definition) is 2. The minimum Gasteiger partial charge on any atom is -0.340 e. The second kappa shape index (κ2) is 5.81. The molecule has 0 aliphatic carbocycles. The Morgan fingerprint density at radius 1 is 1.09 bits per heavy atom. The van der Waals surface area contributed by atoms with Crippen molar-refractivity contribution < 1.29 is 0 Å². The van der Waals surface area contributed by atoms with Crippen LogP contribution < -0.4 is 0 Å². The average molecular weight is 369 g/mol. The molecule has 0 radical (unpaired) electrons. The Labute approximate surface area is 142 Å². The summed E-state index contributed by atoms with van der Waals surface area (Å²) >= 11 is 3.60. The molecule has 0 fully saturated rings. The van der Waals surface area contributed by atoms with Gasteiger partial charge < -0.3 is 4.57 Å². The van der Waals surface area contributed by atoms with Gasteiger partial charge in [0.25, 0.3) is 0 Å². The summed E-state index contributed by atoms with van der Waals surface area (Å²) in [7, 11) is 0. The highest BCUT2D eigenvalue weighted by Gasteiger charge is 2.12. The monoisotopic (exact) mass is 368 g/mol. The number of H-pyrrole nitrogens is 1. The van der Waals surface area contributed by atoms with Gasteiger partial charge in [-0.15, -0.1) is 0 Å². The van der Waals surface area contributed by atoms with Crippen molar-refractivity contribution in [1.82, 2.24) is 20.0 Å². The van der Waals surface area contributed by atoms with Gasteiger partial charge in [0.1, 0.15) is 5.69 Å². The second-order valence-electron chi connectivity index (χ2n) is 5.75. The summed E-state index contributed by atoms with van der Waals surface area (Å²) in [6.45, 7) is 3.27. The Bertz CT molecular complexity index is 970. The van der Waals surface area contributed by atoms with Crippen LogP contribution in [0.5, 0.6) is 0 Å². The summed E-state index contributed by atoms with van der Waals surface area (Å²) in [4.78, 5) is 0. The second-order valence-corrected chi connectivity index (χ2v) is 6.67. The van der Waals surface area contributed by atoms with E-state index in [4.69, 9.17) is 0 Å². The molecule has 5 heteroatoms. The molecule has 0 saturated heterocycles. The van der Waals surface area contributed by atoms with Crippen molar-refractivity contribution in [2.75, 3.05) is 0 Å². The molecule has 2 aromatic carbocycles. The zero-order valence-electron chi connectivity index (χ0n) is 12.9. The lowest BCUT2D eigenvalue weighted by Crippen LogP contribution is -1.96.